The zero-order valence-corrected chi connectivity index (χ0v) is 16.5. The minimum atomic E-state index is -1.55. The third-order valence-electron chi connectivity index (χ3n) is 5.61. The van der Waals surface area contributed by atoms with Gasteiger partial charge < -0.3 is 50.0 Å². The molecule has 0 amide bonds. The molecule has 2 aromatic carbocycles. The molecule has 7 atom stereocenters. The van der Waals surface area contributed by atoms with Crippen LogP contribution in [0.15, 0.2) is 30.3 Å². The summed E-state index contributed by atoms with van der Waals surface area (Å²) in [6.45, 7) is 1.52. The van der Waals surface area contributed by atoms with Gasteiger partial charge in [0.2, 0.25) is 0 Å². The van der Waals surface area contributed by atoms with Crippen LogP contribution < -0.4 is 4.74 Å². The number of hydrogen-bond donors (Lipinski definition) is 7. The number of ether oxygens (including phenoxy) is 3. The largest absolute Gasteiger partial charge is 0.508 e. The van der Waals surface area contributed by atoms with Crippen LogP contribution in [0.25, 0.3) is 0 Å². The molecule has 0 spiro atoms. The van der Waals surface area contributed by atoms with E-state index in [0.717, 1.165) is 6.07 Å². The van der Waals surface area contributed by atoms with E-state index in [1.165, 1.54) is 31.2 Å². The summed E-state index contributed by atoms with van der Waals surface area (Å²) >= 11 is 0. The Hall–Kier alpha value is -2.76. The molecule has 0 bridgehead atoms. The number of aromatic hydroxyl groups is 4. The number of phenolic OH excluding ortho intramolecular Hbond substituents is 4. The van der Waals surface area contributed by atoms with Crippen molar-refractivity contribution >= 4 is 0 Å². The Labute approximate surface area is 177 Å². The van der Waals surface area contributed by atoms with Crippen molar-refractivity contribution in [3.63, 3.8) is 0 Å². The summed E-state index contributed by atoms with van der Waals surface area (Å²) in [5, 5.41) is 69.9. The second-order valence-electron chi connectivity index (χ2n) is 7.79. The van der Waals surface area contributed by atoms with Crippen molar-refractivity contribution < 1.29 is 50.0 Å². The molecular formula is C21H24O10. The average Bonchev–Trinajstić information content (AvgIpc) is 2.72. The first-order valence-corrected chi connectivity index (χ1v) is 9.74. The van der Waals surface area contributed by atoms with Crippen molar-refractivity contribution in [3.8, 4) is 28.7 Å². The summed E-state index contributed by atoms with van der Waals surface area (Å²) in [4.78, 5) is 0. The smallest absolute Gasteiger partial charge is 0.187 e. The van der Waals surface area contributed by atoms with Crippen molar-refractivity contribution in [1.29, 1.82) is 0 Å². The van der Waals surface area contributed by atoms with Gasteiger partial charge in [0.1, 0.15) is 41.7 Å². The Kier molecular flexibility index (Phi) is 5.58. The van der Waals surface area contributed by atoms with Crippen LogP contribution in [0.3, 0.4) is 0 Å². The van der Waals surface area contributed by atoms with Crippen LogP contribution in [0.1, 0.15) is 24.2 Å². The highest BCUT2D eigenvalue weighted by Gasteiger charge is 2.45. The van der Waals surface area contributed by atoms with Crippen LogP contribution in [0, 0.1) is 0 Å². The lowest BCUT2D eigenvalue weighted by Crippen LogP contribution is -2.58. The van der Waals surface area contributed by atoms with Crippen LogP contribution in [0.5, 0.6) is 28.7 Å². The minimum absolute atomic E-state index is 0.0767. The second-order valence-corrected chi connectivity index (χ2v) is 7.79. The Morgan fingerprint density at radius 3 is 2.32 bits per heavy atom. The molecular weight excluding hydrogens is 412 g/mol. The van der Waals surface area contributed by atoms with E-state index in [-0.39, 0.29) is 35.2 Å². The maximum absolute atomic E-state index is 10.3. The van der Waals surface area contributed by atoms with Crippen LogP contribution in [0.2, 0.25) is 0 Å². The van der Waals surface area contributed by atoms with Gasteiger partial charge in [-0.05, 0) is 24.6 Å². The number of benzene rings is 2. The first kappa shape index (κ1) is 21.5. The van der Waals surface area contributed by atoms with Gasteiger partial charge in [-0.25, -0.2) is 0 Å². The molecule has 2 aromatic rings. The fraction of sp³-hybridized carbons (Fsp3) is 0.429. The number of fused-ring (bicyclic) bond motifs is 1. The van der Waals surface area contributed by atoms with Gasteiger partial charge in [0.15, 0.2) is 23.9 Å². The van der Waals surface area contributed by atoms with E-state index < -0.39 is 42.9 Å². The number of aliphatic hydroxyl groups is 3. The lowest BCUT2D eigenvalue weighted by atomic mass is 9.93. The molecule has 1 saturated heterocycles. The van der Waals surface area contributed by atoms with Gasteiger partial charge in [0.25, 0.3) is 0 Å². The van der Waals surface area contributed by atoms with Gasteiger partial charge in [-0.3, -0.25) is 0 Å². The standard InChI is InChI=1S/C21H24O10/c1-8-17(26)18(27)19(28)21(29-8)31-16-7-11-13(24)5-10(22)6-15(11)30-20(16)9-2-3-12(23)14(25)4-9/h2-6,8,16-28H,7H2,1H3/t8-,16-,17-,18+,19+,20+,21+/m1/s1. The molecule has 0 saturated carbocycles. The Morgan fingerprint density at radius 2 is 1.61 bits per heavy atom. The monoisotopic (exact) mass is 436 g/mol. The van der Waals surface area contributed by atoms with Crippen LogP contribution >= 0.6 is 0 Å². The number of phenols is 4. The van der Waals surface area contributed by atoms with E-state index in [0.29, 0.717) is 11.1 Å². The predicted molar refractivity (Wildman–Crippen MR) is 104 cm³/mol. The zero-order chi connectivity index (χ0) is 22.4. The van der Waals surface area contributed by atoms with Gasteiger partial charge in [-0.2, -0.15) is 0 Å². The third kappa shape index (κ3) is 3.95. The van der Waals surface area contributed by atoms with E-state index in [1.807, 2.05) is 0 Å². The first-order chi connectivity index (χ1) is 14.7. The number of aliphatic hydroxyl groups excluding tert-OH is 3. The summed E-state index contributed by atoms with van der Waals surface area (Å²) in [7, 11) is 0. The molecule has 2 aliphatic rings. The van der Waals surface area contributed by atoms with Gasteiger partial charge >= 0.3 is 0 Å². The minimum Gasteiger partial charge on any atom is -0.508 e. The molecule has 7 N–H and O–H groups in total. The zero-order valence-electron chi connectivity index (χ0n) is 16.5. The molecule has 10 nitrogen and oxygen atoms in total. The van der Waals surface area contributed by atoms with Gasteiger partial charge in [0.05, 0.1) is 6.10 Å². The van der Waals surface area contributed by atoms with Gasteiger partial charge in [-0.1, -0.05) is 6.07 Å². The highest BCUT2D eigenvalue weighted by molar-refractivity contribution is 5.52. The molecule has 4 rings (SSSR count). The predicted octanol–water partition coefficient (Wildman–Crippen LogP) is 0.398. The summed E-state index contributed by atoms with van der Waals surface area (Å²) in [6, 6.07) is 6.54. The van der Waals surface area contributed by atoms with E-state index >= 15 is 0 Å². The van der Waals surface area contributed by atoms with Gasteiger partial charge in [-0.15, -0.1) is 0 Å². The van der Waals surface area contributed by atoms with Crippen LogP contribution in [-0.4, -0.2) is 72.6 Å². The van der Waals surface area contributed by atoms with Crippen molar-refractivity contribution in [2.75, 3.05) is 0 Å². The summed E-state index contributed by atoms with van der Waals surface area (Å²) in [5.41, 5.74) is 0.758. The van der Waals surface area contributed by atoms with Crippen LogP contribution in [0.4, 0.5) is 0 Å². The second kappa shape index (κ2) is 8.06. The van der Waals surface area contributed by atoms with Gasteiger partial charge in [0, 0.05) is 24.1 Å². The molecule has 168 valence electrons. The van der Waals surface area contributed by atoms with Crippen LogP contribution in [-0.2, 0) is 15.9 Å². The number of rotatable bonds is 3. The summed E-state index contributed by atoms with van der Waals surface area (Å²) < 4.78 is 17.4. The lowest BCUT2D eigenvalue weighted by molar-refractivity contribution is -0.310. The van der Waals surface area contributed by atoms with Crippen molar-refractivity contribution in [2.45, 2.75) is 56.3 Å². The summed E-state index contributed by atoms with van der Waals surface area (Å²) in [6.07, 6.45) is -8.15. The van der Waals surface area contributed by atoms with E-state index in [4.69, 9.17) is 14.2 Å². The third-order valence-corrected chi connectivity index (χ3v) is 5.61. The molecule has 0 radical (unpaired) electrons. The average molecular weight is 436 g/mol. The molecule has 0 aliphatic carbocycles. The van der Waals surface area contributed by atoms with E-state index in [2.05, 4.69) is 0 Å². The lowest BCUT2D eigenvalue weighted by Gasteiger charge is -2.42. The Balaban J connectivity index is 1.69. The fourth-order valence-corrected chi connectivity index (χ4v) is 3.87. The molecule has 2 aliphatic heterocycles. The van der Waals surface area contributed by atoms with Crippen molar-refractivity contribution in [3.05, 3.63) is 41.5 Å². The molecule has 0 aromatic heterocycles. The van der Waals surface area contributed by atoms with Crippen molar-refractivity contribution in [1.82, 2.24) is 0 Å². The summed E-state index contributed by atoms with van der Waals surface area (Å²) in [5.74, 6) is -0.941. The highest BCUT2D eigenvalue weighted by atomic mass is 16.7. The molecule has 10 heteroatoms. The topological polar surface area (TPSA) is 169 Å². The molecule has 0 unspecified atom stereocenters. The molecule has 1 fully saturated rings. The van der Waals surface area contributed by atoms with Crippen molar-refractivity contribution in [2.24, 2.45) is 0 Å². The van der Waals surface area contributed by atoms with E-state index in [1.54, 1.807) is 0 Å². The Morgan fingerprint density at radius 1 is 0.871 bits per heavy atom. The normalized spacial score (nSPS) is 32.8. The van der Waals surface area contributed by atoms with E-state index in [9.17, 15) is 35.7 Å². The SMILES string of the molecule is C[C@H]1O[C@@H](O[C@@H]2Cc3c(O)cc(O)cc3O[C@H]2c2ccc(O)c(O)c2)[C@@H](O)[C@@H](O)[C@@H]1O. The molecule has 2 heterocycles. The quantitative estimate of drug-likeness (QED) is 0.334. The maximum atomic E-state index is 10.3. The Bertz CT molecular complexity index is 963. The highest BCUT2D eigenvalue weighted by Crippen LogP contribution is 2.44. The molecule has 31 heavy (non-hydrogen) atoms. The fourth-order valence-electron chi connectivity index (χ4n) is 3.87. The maximum Gasteiger partial charge on any atom is 0.187 e. The number of hydrogen-bond acceptors (Lipinski definition) is 10. The first-order valence-electron chi connectivity index (χ1n) is 9.74.